The SMILES string of the molecule is CC(=O)Nc1ccc(S(=O)(=O)NCc2ccc(O)cc2)cc1. The number of hydrogen-bond acceptors (Lipinski definition) is 4. The van der Waals surface area contributed by atoms with E-state index in [4.69, 9.17) is 0 Å². The number of anilines is 1. The summed E-state index contributed by atoms with van der Waals surface area (Å²) in [5.41, 5.74) is 1.27. The van der Waals surface area contributed by atoms with Crippen LogP contribution in [0, 0.1) is 0 Å². The van der Waals surface area contributed by atoms with Crippen LogP contribution in [0.15, 0.2) is 53.4 Å². The number of sulfonamides is 1. The van der Waals surface area contributed by atoms with Gasteiger partial charge in [-0.2, -0.15) is 0 Å². The molecule has 0 saturated heterocycles. The number of benzene rings is 2. The molecule has 2 rings (SSSR count). The summed E-state index contributed by atoms with van der Waals surface area (Å²) in [6.45, 7) is 1.50. The third-order valence-corrected chi connectivity index (χ3v) is 4.30. The van der Waals surface area contributed by atoms with Gasteiger partial charge in [0.2, 0.25) is 15.9 Å². The largest absolute Gasteiger partial charge is 0.508 e. The molecule has 0 bridgehead atoms. The Balaban J connectivity index is 2.06. The van der Waals surface area contributed by atoms with Gasteiger partial charge in [-0.15, -0.1) is 0 Å². The maximum Gasteiger partial charge on any atom is 0.240 e. The Labute approximate surface area is 128 Å². The summed E-state index contributed by atoms with van der Waals surface area (Å²) in [7, 11) is -3.64. The molecule has 0 atom stereocenters. The van der Waals surface area contributed by atoms with Gasteiger partial charge >= 0.3 is 0 Å². The maximum absolute atomic E-state index is 12.2. The Hall–Kier alpha value is -2.38. The summed E-state index contributed by atoms with van der Waals surface area (Å²) >= 11 is 0. The van der Waals surface area contributed by atoms with Crippen LogP contribution in [0.5, 0.6) is 5.75 Å². The summed E-state index contributed by atoms with van der Waals surface area (Å²) in [5, 5.41) is 11.8. The fourth-order valence-electron chi connectivity index (χ4n) is 1.80. The average molecular weight is 320 g/mol. The Morgan fingerprint density at radius 3 is 2.18 bits per heavy atom. The normalized spacial score (nSPS) is 11.1. The van der Waals surface area contributed by atoms with Crippen LogP contribution in [0.3, 0.4) is 0 Å². The predicted octanol–water partition coefficient (Wildman–Crippen LogP) is 1.83. The second-order valence-electron chi connectivity index (χ2n) is 4.70. The second-order valence-corrected chi connectivity index (χ2v) is 6.46. The van der Waals surface area contributed by atoms with Gasteiger partial charge in [0, 0.05) is 19.2 Å². The molecule has 2 aromatic rings. The van der Waals surface area contributed by atoms with Gasteiger partial charge in [0.15, 0.2) is 0 Å². The van der Waals surface area contributed by atoms with Gasteiger partial charge in [-0.3, -0.25) is 4.79 Å². The highest BCUT2D eigenvalue weighted by molar-refractivity contribution is 7.89. The van der Waals surface area contributed by atoms with Crippen molar-refractivity contribution in [1.82, 2.24) is 4.72 Å². The molecular weight excluding hydrogens is 304 g/mol. The minimum atomic E-state index is -3.64. The molecule has 0 heterocycles. The van der Waals surface area contributed by atoms with Crippen molar-refractivity contribution in [3.05, 3.63) is 54.1 Å². The average Bonchev–Trinajstić information content (AvgIpc) is 2.47. The minimum absolute atomic E-state index is 0.111. The maximum atomic E-state index is 12.2. The lowest BCUT2D eigenvalue weighted by Gasteiger charge is -2.08. The van der Waals surface area contributed by atoms with E-state index in [0.717, 1.165) is 5.56 Å². The van der Waals surface area contributed by atoms with Gasteiger partial charge in [0.25, 0.3) is 0 Å². The lowest BCUT2D eigenvalue weighted by Crippen LogP contribution is -2.23. The molecule has 0 unspecified atom stereocenters. The number of aromatic hydroxyl groups is 1. The van der Waals surface area contributed by atoms with Crippen LogP contribution in [-0.2, 0) is 21.4 Å². The molecule has 1 amide bonds. The molecule has 0 radical (unpaired) electrons. The van der Waals surface area contributed by atoms with E-state index in [1.54, 1.807) is 12.1 Å². The molecule has 7 heteroatoms. The molecule has 0 spiro atoms. The highest BCUT2D eigenvalue weighted by atomic mass is 32.2. The first-order valence-electron chi connectivity index (χ1n) is 6.52. The zero-order valence-corrected chi connectivity index (χ0v) is 12.7. The van der Waals surface area contributed by atoms with Crippen molar-refractivity contribution in [3.8, 4) is 5.75 Å². The van der Waals surface area contributed by atoms with E-state index >= 15 is 0 Å². The first-order valence-corrected chi connectivity index (χ1v) is 8.00. The quantitative estimate of drug-likeness (QED) is 0.783. The molecule has 116 valence electrons. The Morgan fingerprint density at radius 1 is 1.05 bits per heavy atom. The van der Waals surface area contributed by atoms with Crippen LogP contribution in [-0.4, -0.2) is 19.4 Å². The number of amides is 1. The van der Waals surface area contributed by atoms with Crippen molar-refractivity contribution in [2.24, 2.45) is 0 Å². The number of hydrogen-bond donors (Lipinski definition) is 3. The number of phenolic OH excluding ortho intramolecular Hbond substituents is 1. The van der Waals surface area contributed by atoms with Gasteiger partial charge in [-0.05, 0) is 42.0 Å². The minimum Gasteiger partial charge on any atom is -0.508 e. The van der Waals surface area contributed by atoms with Gasteiger partial charge in [0.1, 0.15) is 5.75 Å². The van der Waals surface area contributed by atoms with Crippen molar-refractivity contribution in [3.63, 3.8) is 0 Å². The van der Waals surface area contributed by atoms with E-state index in [2.05, 4.69) is 10.0 Å². The topological polar surface area (TPSA) is 95.5 Å². The zero-order valence-electron chi connectivity index (χ0n) is 11.9. The van der Waals surface area contributed by atoms with E-state index in [9.17, 15) is 18.3 Å². The standard InChI is InChI=1S/C15H16N2O4S/c1-11(18)17-13-4-8-15(9-5-13)22(20,21)16-10-12-2-6-14(19)7-3-12/h2-9,16,19H,10H2,1H3,(H,17,18). The summed E-state index contributed by atoms with van der Waals surface area (Å²) in [4.78, 5) is 11.0. The summed E-state index contributed by atoms with van der Waals surface area (Å²) < 4.78 is 26.8. The van der Waals surface area contributed by atoms with E-state index in [-0.39, 0.29) is 23.1 Å². The lowest BCUT2D eigenvalue weighted by atomic mass is 10.2. The van der Waals surface area contributed by atoms with Crippen LogP contribution in [0.1, 0.15) is 12.5 Å². The summed E-state index contributed by atoms with van der Waals surface area (Å²) in [6, 6.07) is 12.1. The molecule has 0 aliphatic heterocycles. The zero-order chi connectivity index (χ0) is 16.2. The van der Waals surface area contributed by atoms with E-state index in [0.29, 0.717) is 5.69 Å². The van der Waals surface area contributed by atoms with Crippen molar-refractivity contribution < 1.29 is 18.3 Å². The molecule has 0 saturated carbocycles. The molecule has 3 N–H and O–H groups in total. The lowest BCUT2D eigenvalue weighted by molar-refractivity contribution is -0.114. The second kappa shape index (κ2) is 6.59. The van der Waals surface area contributed by atoms with Crippen molar-refractivity contribution >= 4 is 21.6 Å². The van der Waals surface area contributed by atoms with E-state index < -0.39 is 10.0 Å². The number of phenols is 1. The number of carbonyl (C=O) groups excluding carboxylic acids is 1. The first-order chi connectivity index (χ1) is 10.4. The van der Waals surface area contributed by atoms with E-state index in [1.165, 1.54) is 43.3 Å². The Kier molecular flexibility index (Phi) is 4.79. The van der Waals surface area contributed by atoms with Gasteiger partial charge in [0.05, 0.1) is 4.90 Å². The smallest absolute Gasteiger partial charge is 0.240 e. The molecule has 2 aromatic carbocycles. The molecule has 6 nitrogen and oxygen atoms in total. The van der Waals surface area contributed by atoms with Crippen LogP contribution >= 0.6 is 0 Å². The molecule has 0 aliphatic rings. The van der Waals surface area contributed by atoms with Gasteiger partial charge in [-0.1, -0.05) is 12.1 Å². The van der Waals surface area contributed by atoms with Crippen LogP contribution in [0.25, 0.3) is 0 Å². The predicted molar refractivity (Wildman–Crippen MR) is 82.9 cm³/mol. The third kappa shape index (κ3) is 4.31. The van der Waals surface area contributed by atoms with Crippen LogP contribution in [0.2, 0.25) is 0 Å². The van der Waals surface area contributed by atoms with E-state index in [1.807, 2.05) is 0 Å². The molecule has 0 aliphatic carbocycles. The highest BCUT2D eigenvalue weighted by Gasteiger charge is 2.13. The fraction of sp³-hybridized carbons (Fsp3) is 0.133. The monoisotopic (exact) mass is 320 g/mol. The van der Waals surface area contributed by atoms with Crippen molar-refractivity contribution in [1.29, 1.82) is 0 Å². The van der Waals surface area contributed by atoms with Crippen LogP contribution < -0.4 is 10.0 Å². The molecule has 22 heavy (non-hydrogen) atoms. The number of nitrogens with one attached hydrogen (secondary N) is 2. The number of carbonyl (C=O) groups is 1. The fourth-order valence-corrected chi connectivity index (χ4v) is 2.81. The Bertz CT molecular complexity index is 753. The molecule has 0 fully saturated rings. The van der Waals surface area contributed by atoms with Crippen LogP contribution in [0.4, 0.5) is 5.69 Å². The summed E-state index contributed by atoms with van der Waals surface area (Å²) in [6.07, 6.45) is 0. The summed E-state index contributed by atoms with van der Waals surface area (Å²) in [5.74, 6) is -0.0961. The first kappa shape index (κ1) is 16.0. The molecular formula is C15H16N2O4S. The Morgan fingerprint density at radius 2 is 1.64 bits per heavy atom. The van der Waals surface area contributed by atoms with Gasteiger partial charge < -0.3 is 10.4 Å². The van der Waals surface area contributed by atoms with Gasteiger partial charge in [-0.25, -0.2) is 13.1 Å². The third-order valence-electron chi connectivity index (χ3n) is 2.89. The highest BCUT2D eigenvalue weighted by Crippen LogP contribution is 2.15. The van der Waals surface area contributed by atoms with Crippen molar-refractivity contribution in [2.75, 3.05) is 5.32 Å². The molecule has 0 aromatic heterocycles. The number of rotatable bonds is 5. The van der Waals surface area contributed by atoms with Crippen molar-refractivity contribution in [2.45, 2.75) is 18.4 Å².